The van der Waals surface area contributed by atoms with Crippen LogP contribution in [0.25, 0.3) is 0 Å². The van der Waals surface area contributed by atoms with Crippen LogP contribution in [0.3, 0.4) is 0 Å². The van der Waals surface area contributed by atoms with Crippen molar-refractivity contribution in [2.45, 2.75) is 32.4 Å². The summed E-state index contributed by atoms with van der Waals surface area (Å²) in [6.07, 6.45) is 1.57. The summed E-state index contributed by atoms with van der Waals surface area (Å²) >= 11 is 0. The van der Waals surface area contributed by atoms with E-state index in [1.807, 2.05) is 4.90 Å². The Hall–Kier alpha value is -1.35. The lowest BCUT2D eigenvalue weighted by Crippen LogP contribution is -2.45. The van der Waals surface area contributed by atoms with Crippen LogP contribution >= 0.6 is 0 Å². The van der Waals surface area contributed by atoms with Gasteiger partial charge in [0.15, 0.2) is 0 Å². The second kappa shape index (κ2) is 3.57. The summed E-state index contributed by atoms with van der Waals surface area (Å²) in [5.41, 5.74) is 3.59. The molecule has 0 aromatic heterocycles. The van der Waals surface area contributed by atoms with Crippen molar-refractivity contribution in [1.82, 2.24) is 10.2 Å². The number of benzene rings is 1. The SMILES string of the molecule is Cc1ccc(C)c(C23CCC(=O)N2CCN3)c1. The number of nitrogens with one attached hydrogen (secondary N) is 1. The molecule has 1 unspecified atom stereocenters. The molecule has 0 saturated carbocycles. The highest BCUT2D eigenvalue weighted by Crippen LogP contribution is 2.41. The van der Waals surface area contributed by atoms with Gasteiger partial charge in [0.05, 0.1) is 0 Å². The van der Waals surface area contributed by atoms with Gasteiger partial charge < -0.3 is 4.90 Å². The van der Waals surface area contributed by atoms with Gasteiger partial charge in [-0.05, 0) is 31.4 Å². The average molecular weight is 230 g/mol. The number of rotatable bonds is 1. The van der Waals surface area contributed by atoms with Gasteiger partial charge in [-0.15, -0.1) is 0 Å². The molecule has 90 valence electrons. The highest BCUT2D eigenvalue weighted by Gasteiger charge is 2.49. The molecule has 1 amide bonds. The predicted octanol–water partition coefficient (Wildman–Crippen LogP) is 1.68. The van der Waals surface area contributed by atoms with Crippen LogP contribution in [-0.2, 0) is 10.5 Å². The molecule has 3 heteroatoms. The second-order valence-electron chi connectivity index (χ2n) is 5.15. The van der Waals surface area contributed by atoms with E-state index in [0.29, 0.717) is 6.42 Å². The number of nitrogens with zero attached hydrogens (tertiary/aromatic N) is 1. The molecule has 2 heterocycles. The second-order valence-corrected chi connectivity index (χ2v) is 5.15. The third kappa shape index (κ3) is 1.42. The van der Waals surface area contributed by atoms with E-state index in [1.165, 1.54) is 16.7 Å². The van der Waals surface area contributed by atoms with Crippen molar-refractivity contribution in [3.8, 4) is 0 Å². The van der Waals surface area contributed by atoms with Gasteiger partial charge in [0, 0.05) is 19.5 Å². The Morgan fingerprint density at radius 1 is 1.35 bits per heavy atom. The molecule has 2 saturated heterocycles. The summed E-state index contributed by atoms with van der Waals surface area (Å²) in [7, 11) is 0. The average Bonchev–Trinajstić information content (AvgIpc) is 2.85. The van der Waals surface area contributed by atoms with Crippen LogP contribution in [0.2, 0.25) is 0 Å². The van der Waals surface area contributed by atoms with Crippen LogP contribution < -0.4 is 5.32 Å². The number of fused-ring (bicyclic) bond motifs is 1. The molecule has 17 heavy (non-hydrogen) atoms. The smallest absolute Gasteiger partial charge is 0.224 e. The minimum Gasteiger partial charge on any atom is -0.319 e. The zero-order valence-electron chi connectivity index (χ0n) is 10.4. The minimum absolute atomic E-state index is 0.215. The molecule has 2 fully saturated rings. The third-order valence-corrected chi connectivity index (χ3v) is 4.05. The van der Waals surface area contributed by atoms with Crippen molar-refractivity contribution in [2.24, 2.45) is 0 Å². The Labute approximate surface area is 102 Å². The third-order valence-electron chi connectivity index (χ3n) is 4.05. The maximum atomic E-state index is 11.9. The van der Waals surface area contributed by atoms with E-state index in [1.54, 1.807) is 0 Å². The summed E-state index contributed by atoms with van der Waals surface area (Å²) < 4.78 is 0. The summed E-state index contributed by atoms with van der Waals surface area (Å²) in [4.78, 5) is 13.9. The molecule has 1 N–H and O–H groups in total. The van der Waals surface area contributed by atoms with Crippen LogP contribution in [0.1, 0.15) is 29.5 Å². The fraction of sp³-hybridized carbons (Fsp3) is 0.500. The number of carbonyl (C=O) groups is 1. The van der Waals surface area contributed by atoms with E-state index in [0.717, 1.165) is 19.5 Å². The zero-order valence-corrected chi connectivity index (χ0v) is 10.4. The molecular formula is C14H18N2O. The highest BCUT2D eigenvalue weighted by molar-refractivity contribution is 5.80. The van der Waals surface area contributed by atoms with E-state index < -0.39 is 0 Å². The maximum absolute atomic E-state index is 11.9. The first-order valence-electron chi connectivity index (χ1n) is 6.27. The Balaban J connectivity index is 2.13. The number of hydrogen-bond acceptors (Lipinski definition) is 2. The first-order chi connectivity index (χ1) is 8.13. The Kier molecular flexibility index (Phi) is 2.26. The predicted molar refractivity (Wildman–Crippen MR) is 66.5 cm³/mol. The van der Waals surface area contributed by atoms with Crippen LogP contribution in [0.4, 0.5) is 0 Å². The Morgan fingerprint density at radius 3 is 3.00 bits per heavy atom. The maximum Gasteiger partial charge on any atom is 0.224 e. The molecular weight excluding hydrogens is 212 g/mol. The quantitative estimate of drug-likeness (QED) is 0.796. The van der Waals surface area contributed by atoms with Crippen LogP contribution in [0.15, 0.2) is 18.2 Å². The minimum atomic E-state index is -0.215. The molecule has 0 spiro atoms. The molecule has 3 nitrogen and oxygen atoms in total. The Morgan fingerprint density at radius 2 is 2.18 bits per heavy atom. The van der Waals surface area contributed by atoms with Crippen molar-refractivity contribution in [3.05, 3.63) is 34.9 Å². The van der Waals surface area contributed by atoms with E-state index >= 15 is 0 Å². The molecule has 3 rings (SSSR count). The van der Waals surface area contributed by atoms with Crippen LogP contribution in [0.5, 0.6) is 0 Å². The van der Waals surface area contributed by atoms with Crippen LogP contribution in [0, 0.1) is 13.8 Å². The highest BCUT2D eigenvalue weighted by atomic mass is 16.2. The summed E-state index contributed by atoms with van der Waals surface area (Å²) in [6.45, 7) is 5.98. The molecule has 0 radical (unpaired) electrons. The van der Waals surface area contributed by atoms with E-state index in [2.05, 4.69) is 37.4 Å². The lowest BCUT2D eigenvalue weighted by molar-refractivity contribution is -0.130. The monoisotopic (exact) mass is 230 g/mol. The number of hydrogen-bond donors (Lipinski definition) is 1. The lowest BCUT2D eigenvalue weighted by atomic mass is 9.92. The molecule has 2 aliphatic rings. The topological polar surface area (TPSA) is 32.3 Å². The normalized spacial score (nSPS) is 27.6. The largest absolute Gasteiger partial charge is 0.319 e. The summed E-state index contributed by atoms with van der Waals surface area (Å²) in [5, 5.41) is 3.55. The van der Waals surface area contributed by atoms with E-state index in [9.17, 15) is 4.79 Å². The van der Waals surface area contributed by atoms with Crippen molar-refractivity contribution in [3.63, 3.8) is 0 Å². The van der Waals surface area contributed by atoms with Gasteiger partial charge >= 0.3 is 0 Å². The van der Waals surface area contributed by atoms with Gasteiger partial charge in [-0.1, -0.05) is 23.8 Å². The summed E-state index contributed by atoms with van der Waals surface area (Å²) in [6, 6.07) is 6.51. The van der Waals surface area contributed by atoms with Crippen molar-refractivity contribution < 1.29 is 4.79 Å². The van der Waals surface area contributed by atoms with Crippen molar-refractivity contribution in [2.75, 3.05) is 13.1 Å². The molecule has 1 aromatic carbocycles. The molecule has 1 aromatic rings. The fourth-order valence-electron chi connectivity index (χ4n) is 3.20. The van der Waals surface area contributed by atoms with Crippen molar-refractivity contribution >= 4 is 5.91 Å². The van der Waals surface area contributed by atoms with Gasteiger partial charge in [0.1, 0.15) is 5.66 Å². The number of carbonyl (C=O) groups excluding carboxylic acids is 1. The van der Waals surface area contributed by atoms with E-state index in [-0.39, 0.29) is 11.6 Å². The van der Waals surface area contributed by atoms with Crippen molar-refractivity contribution in [1.29, 1.82) is 0 Å². The number of aryl methyl sites for hydroxylation is 2. The molecule has 0 bridgehead atoms. The van der Waals surface area contributed by atoms with Gasteiger partial charge in [-0.25, -0.2) is 0 Å². The number of amides is 1. The lowest BCUT2D eigenvalue weighted by Gasteiger charge is -2.34. The molecule has 2 aliphatic heterocycles. The van der Waals surface area contributed by atoms with Gasteiger partial charge in [-0.2, -0.15) is 0 Å². The van der Waals surface area contributed by atoms with Gasteiger partial charge in [0.2, 0.25) is 5.91 Å². The standard InChI is InChI=1S/C14H18N2O/c1-10-3-4-11(2)12(9-10)14-6-5-13(17)16(14)8-7-15-14/h3-4,9,15H,5-8H2,1-2H3. The summed E-state index contributed by atoms with van der Waals surface area (Å²) in [5.74, 6) is 0.288. The molecule has 0 aliphatic carbocycles. The molecule has 1 atom stereocenters. The van der Waals surface area contributed by atoms with Crippen LogP contribution in [-0.4, -0.2) is 23.9 Å². The first kappa shape index (κ1) is 10.8. The van der Waals surface area contributed by atoms with Gasteiger partial charge in [0.25, 0.3) is 0 Å². The zero-order chi connectivity index (χ0) is 12.0. The fourth-order valence-corrected chi connectivity index (χ4v) is 3.20. The van der Waals surface area contributed by atoms with Gasteiger partial charge in [-0.3, -0.25) is 10.1 Å². The van der Waals surface area contributed by atoms with E-state index in [4.69, 9.17) is 0 Å². The Bertz CT molecular complexity index is 483. The first-order valence-corrected chi connectivity index (χ1v) is 6.27.